The van der Waals surface area contributed by atoms with E-state index in [2.05, 4.69) is 26.1 Å². The maximum Gasteiger partial charge on any atom is 0.226 e. The van der Waals surface area contributed by atoms with Gasteiger partial charge in [0.2, 0.25) is 11.8 Å². The molecule has 29 heavy (non-hydrogen) atoms. The number of nitrogens with one attached hydrogen (secondary N) is 1. The fraction of sp³-hybridized carbons (Fsp3) is 0.609. The molecule has 2 amide bonds. The van der Waals surface area contributed by atoms with Crippen LogP contribution in [0, 0.1) is 30.4 Å². The van der Waals surface area contributed by atoms with Crippen molar-refractivity contribution in [3.63, 3.8) is 0 Å². The Bertz CT molecular complexity index is 570. The van der Waals surface area contributed by atoms with E-state index in [1.165, 1.54) is 25.0 Å². The molecule has 0 saturated carbocycles. The number of aryl methyl sites for hydroxylation is 1. The van der Waals surface area contributed by atoms with Crippen LogP contribution in [-0.4, -0.2) is 18.1 Å². The largest absolute Gasteiger partial charge is 0.303 e. The molecule has 0 aliphatic carbocycles. The molecule has 1 N–H and O–H groups in total. The van der Waals surface area contributed by atoms with E-state index in [9.17, 15) is 23.2 Å². The maximum absolute atomic E-state index is 12.2. The minimum Gasteiger partial charge on any atom is -0.303 e. The second kappa shape index (κ2) is 15.8. The molecule has 1 aliphatic rings. The van der Waals surface area contributed by atoms with E-state index in [1.54, 1.807) is 6.92 Å². The number of hydrogen-bond acceptors (Lipinski definition) is 3. The second-order valence-corrected chi connectivity index (χ2v) is 7.55. The minimum atomic E-state index is -0.521. The van der Waals surface area contributed by atoms with Crippen LogP contribution in [0.5, 0.6) is 0 Å². The van der Waals surface area contributed by atoms with Gasteiger partial charge in [-0.25, -0.2) is 8.78 Å². The van der Waals surface area contributed by atoms with Crippen molar-refractivity contribution < 1.29 is 23.2 Å². The lowest BCUT2D eigenvalue weighted by molar-refractivity contribution is -0.133. The highest BCUT2D eigenvalue weighted by atomic mass is 19.1. The molecule has 2 rings (SSSR count). The van der Waals surface area contributed by atoms with Gasteiger partial charge < -0.3 is 4.79 Å². The lowest BCUT2D eigenvalue weighted by Gasteiger charge is -2.11. The van der Waals surface area contributed by atoms with Gasteiger partial charge >= 0.3 is 0 Å². The van der Waals surface area contributed by atoms with Gasteiger partial charge in [-0.05, 0) is 49.8 Å². The predicted octanol–water partition coefficient (Wildman–Crippen LogP) is 5.51. The predicted molar refractivity (Wildman–Crippen MR) is 111 cm³/mol. The second-order valence-electron chi connectivity index (χ2n) is 7.55. The highest BCUT2D eigenvalue weighted by Gasteiger charge is 2.13. The van der Waals surface area contributed by atoms with Crippen molar-refractivity contribution >= 4 is 18.1 Å². The number of halogens is 2. The van der Waals surface area contributed by atoms with Gasteiger partial charge in [-0.2, -0.15) is 0 Å². The summed E-state index contributed by atoms with van der Waals surface area (Å²) in [5.41, 5.74) is 0.604. The first-order valence-corrected chi connectivity index (χ1v) is 10.4. The molecule has 0 aromatic heterocycles. The van der Waals surface area contributed by atoms with E-state index >= 15 is 0 Å². The Balaban J connectivity index is 0.000000414. The summed E-state index contributed by atoms with van der Waals surface area (Å²) in [6, 6.07) is 3.42. The third-order valence-corrected chi connectivity index (χ3v) is 4.67. The molecule has 1 heterocycles. The van der Waals surface area contributed by atoms with Crippen LogP contribution in [0.2, 0.25) is 0 Å². The zero-order valence-electron chi connectivity index (χ0n) is 18.1. The number of imide groups is 1. The zero-order chi connectivity index (χ0) is 22.2. The summed E-state index contributed by atoms with van der Waals surface area (Å²) >= 11 is 0. The molecular weight excluding hydrogens is 376 g/mol. The summed E-state index contributed by atoms with van der Waals surface area (Å²) in [5, 5.41) is 2.20. The summed E-state index contributed by atoms with van der Waals surface area (Å²) in [7, 11) is 0. The number of benzene rings is 1. The minimum absolute atomic E-state index is 0.138. The molecule has 164 valence electrons. The van der Waals surface area contributed by atoms with Crippen LogP contribution in [0.4, 0.5) is 8.78 Å². The summed E-state index contributed by atoms with van der Waals surface area (Å²) in [5.74, 6) is -0.212. The van der Waals surface area contributed by atoms with Gasteiger partial charge in [0, 0.05) is 24.8 Å². The molecular formula is C23H35F2NO3. The molecule has 1 fully saturated rings. The molecule has 6 heteroatoms. The highest BCUT2D eigenvalue weighted by Crippen LogP contribution is 2.17. The van der Waals surface area contributed by atoms with Crippen molar-refractivity contribution in [2.24, 2.45) is 11.8 Å². The molecule has 1 aromatic rings. The van der Waals surface area contributed by atoms with Gasteiger partial charge in [0.25, 0.3) is 0 Å². The van der Waals surface area contributed by atoms with Gasteiger partial charge in [0.15, 0.2) is 0 Å². The van der Waals surface area contributed by atoms with Crippen LogP contribution in [0.3, 0.4) is 0 Å². The normalized spacial score (nSPS) is 15.1. The van der Waals surface area contributed by atoms with E-state index in [0.717, 1.165) is 37.5 Å². The first-order chi connectivity index (χ1) is 13.7. The van der Waals surface area contributed by atoms with Gasteiger partial charge in [-0.15, -0.1) is 0 Å². The van der Waals surface area contributed by atoms with Gasteiger partial charge in [0.05, 0.1) is 0 Å². The van der Waals surface area contributed by atoms with Crippen molar-refractivity contribution in [2.75, 3.05) is 0 Å². The van der Waals surface area contributed by atoms with Crippen LogP contribution >= 0.6 is 0 Å². The van der Waals surface area contributed by atoms with Gasteiger partial charge in [-0.1, -0.05) is 40.0 Å². The average Bonchev–Trinajstić information content (AvgIpc) is 2.64. The molecule has 1 aromatic carbocycles. The number of carbonyl (C=O) groups is 3. The molecule has 1 unspecified atom stereocenters. The molecule has 1 saturated heterocycles. The third kappa shape index (κ3) is 14.5. The topological polar surface area (TPSA) is 63.2 Å². The lowest BCUT2D eigenvalue weighted by Crippen LogP contribution is -2.33. The molecule has 0 radical (unpaired) electrons. The van der Waals surface area contributed by atoms with Crippen molar-refractivity contribution in [3.05, 3.63) is 35.4 Å². The van der Waals surface area contributed by atoms with Crippen molar-refractivity contribution in [2.45, 2.75) is 79.1 Å². The first kappa shape index (κ1) is 26.9. The van der Waals surface area contributed by atoms with Crippen LogP contribution in [0.25, 0.3) is 0 Å². The molecule has 4 nitrogen and oxygen atoms in total. The average molecular weight is 412 g/mol. The van der Waals surface area contributed by atoms with Gasteiger partial charge in [0.1, 0.15) is 17.9 Å². The van der Waals surface area contributed by atoms with Crippen LogP contribution in [0.1, 0.15) is 77.7 Å². The SMILES string of the molecule is CCCC(C=O)CC[C@H](C)CC.Cc1cc(F)cc(F)c1.O=C1CCCC(=O)N1. The van der Waals surface area contributed by atoms with E-state index < -0.39 is 11.6 Å². The summed E-state index contributed by atoms with van der Waals surface area (Å²) < 4.78 is 24.4. The number of carbonyl (C=O) groups excluding carboxylic acids is 3. The van der Waals surface area contributed by atoms with Crippen molar-refractivity contribution in [1.29, 1.82) is 0 Å². The molecule has 1 aliphatic heterocycles. The third-order valence-electron chi connectivity index (χ3n) is 4.67. The maximum atomic E-state index is 12.2. The number of amides is 2. The summed E-state index contributed by atoms with van der Waals surface area (Å²) in [4.78, 5) is 31.3. The Morgan fingerprint density at radius 2 is 1.55 bits per heavy atom. The first-order valence-electron chi connectivity index (χ1n) is 10.4. The van der Waals surface area contributed by atoms with Crippen LogP contribution in [0.15, 0.2) is 18.2 Å². The Labute approximate surface area is 173 Å². The summed E-state index contributed by atoms with van der Waals surface area (Å²) in [6.07, 6.45) is 8.59. The number of piperidine rings is 1. The number of rotatable bonds is 7. The molecule has 2 atom stereocenters. The standard InChI is InChI=1S/C11H22O.C7H6F2.C5H7NO2/c1-4-6-11(9-12)8-7-10(3)5-2;1-5-2-6(8)4-7(9)3-5;7-4-2-1-3-5(8)6-4/h9-11H,4-8H2,1-3H3;2-4H,1H3;1-3H2,(H,6,7,8)/t10-,11?;;/m1../s1. The van der Waals surface area contributed by atoms with E-state index in [0.29, 0.717) is 30.7 Å². The fourth-order valence-corrected chi connectivity index (χ4v) is 2.74. The molecule has 0 spiro atoms. The van der Waals surface area contributed by atoms with Crippen molar-refractivity contribution in [3.8, 4) is 0 Å². The highest BCUT2D eigenvalue weighted by molar-refractivity contribution is 5.97. The zero-order valence-corrected chi connectivity index (χ0v) is 18.1. The number of hydrogen-bond donors (Lipinski definition) is 1. The van der Waals surface area contributed by atoms with Crippen LogP contribution in [-0.2, 0) is 14.4 Å². The Hall–Kier alpha value is -2.11. The quantitative estimate of drug-likeness (QED) is 0.475. The van der Waals surface area contributed by atoms with E-state index in [-0.39, 0.29) is 11.8 Å². The fourth-order valence-electron chi connectivity index (χ4n) is 2.74. The van der Waals surface area contributed by atoms with Crippen LogP contribution < -0.4 is 5.32 Å². The number of aldehydes is 1. The van der Waals surface area contributed by atoms with E-state index in [4.69, 9.17) is 0 Å². The Morgan fingerprint density at radius 1 is 1.00 bits per heavy atom. The monoisotopic (exact) mass is 411 g/mol. The van der Waals surface area contributed by atoms with Gasteiger partial charge in [-0.3, -0.25) is 14.9 Å². The summed E-state index contributed by atoms with van der Waals surface area (Å²) in [6.45, 7) is 8.25. The smallest absolute Gasteiger partial charge is 0.226 e. The lowest BCUT2D eigenvalue weighted by atomic mass is 9.93. The van der Waals surface area contributed by atoms with E-state index in [1.807, 2.05) is 0 Å². The molecule has 0 bridgehead atoms. The van der Waals surface area contributed by atoms with Crippen molar-refractivity contribution in [1.82, 2.24) is 5.32 Å². The Kier molecular flexibility index (Phi) is 14.6. The Morgan fingerprint density at radius 3 is 1.90 bits per heavy atom.